The molecule has 0 amide bonds. The predicted molar refractivity (Wildman–Crippen MR) is 128 cm³/mol. The first-order chi connectivity index (χ1) is 16.8. The molecule has 2 aliphatic rings. The number of rotatable bonds is 8. The van der Waals surface area contributed by atoms with Gasteiger partial charge >= 0.3 is 6.01 Å². The molecule has 0 atom stereocenters. The fraction of sp³-hybridized carbons (Fsp3) is 0.458. The van der Waals surface area contributed by atoms with E-state index in [1.807, 2.05) is 30.3 Å². The van der Waals surface area contributed by atoms with E-state index in [0.29, 0.717) is 37.6 Å². The quantitative estimate of drug-likeness (QED) is 0.471. The number of morpholine rings is 2. The molecule has 0 spiro atoms. The molecule has 0 bridgehead atoms. The summed E-state index contributed by atoms with van der Waals surface area (Å²) in [4.78, 5) is 18.1. The number of fused-ring (bicyclic) bond motifs is 1. The van der Waals surface area contributed by atoms with Gasteiger partial charge in [0.15, 0.2) is 5.82 Å². The fourth-order valence-electron chi connectivity index (χ4n) is 3.94. The Kier molecular flexibility index (Phi) is 7.49. The lowest BCUT2D eigenvalue weighted by Crippen LogP contribution is -2.39. The summed E-state index contributed by atoms with van der Waals surface area (Å²) in [7, 11) is 0. The van der Waals surface area contributed by atoms with E-state index in [-0.39, 0.29) is 6.54 Å². The Balaban J connectivity index is 1.27. The maximum atomic E-state index is 5.92. The molecule has 5 rings (SSSR count). The van der Waals surface area contributed by atoms with Crippen molar-refractivity contribution in [2.45, 2.75) is 6.54 Å². The first-order valence-electron chi connectivity index (χ1n) is 11.7. The van der Waals surface area contributed by atoms with Crippen LogP contribution in [0.2, 0.25) is 0 Å². The molecule has 3 heterocycles. The smallest absolute Gasteiger partial charge is 0.321 e. The summed E-state index contributed by atoms with van der Waals surface area (Å²) in [6.45, 7) is 7.67. The maximum Gasteiger partial charge on any atom is 0.321 e. The maximum absolute atomic E-state index is 5.92. The zero-order chi connectivity index (χ0) is 23.0. The van der Waals surface area contributed by atoms with Crippen molar-refractivity contribution < 1.29 is 14.2 Å². The Labute approximate surface area is 198 Å². The molecule has 178 valence electrons. The minimum Gasteiger partial charge on any atom is -0.462 e. The zero-order valence-electron chi connectivity index (χ0n) is 19.2. The molecule has 2 fully saturated rings. The van der Waals surface area contributed by atoms with Gasteiger partial charge in [-0.25, -0.2) is 0 Å². The molecule has 0 aliphatic carbocycles. The van der Waals surface area contributed by atoms with Crippen LogP contribution in [0.1, 0.15) is 5.82 Å². The topological polar surface area (TPSA) is 97.6 Å². The van der Waals surface area contributed by atoms with E-state index in [2.05, 4.69) is 47.1 Å². The number of ether oxygens (including phenoxy) is 3. The summed E-state index contributed by atoms with van der Waals surface area (Å²) in [5.41, 5.74) is 0.795. The van der Waals surface area contributed by atoms with Crippen molar-refractivity contribution >= 4 is 22.4 Å². The highest BCUT2D eigenvalue weighted by molar-refractivity contribution is 5.84. The van der Waals surface area contributed by atoms with Gasteiger partial charge in [0.1, 0.15) is 13.2 Å². The van der Waals surface area contributed by atoms with Crippen molar-refractivity contribution in [3.8, 4) is 6.01 Å². The van der Waals surface area contributed by atoms with Crippen molar-refractivity contribution in [2.75, 3.05) is 70.7 Å². The Morgan fingerprint density at radius 1 is 0.853 bits per heavy atom. The van der Waals surface area contributed by atoms with Crippen LogP contribution in [0.4, 0.5) is 11.6 Å². The highest BCUT2D eigenvalue weighted by Crippen LogP contribution is 2.22. The van der Waals surface area contributed by atoms with Crippen LogP contribution in [0.15, 0.2) is 52.7 Å². The van der Waals surface area contributed by atoms with Gasteiger partial charge in [-0.1, -0.05) is 30.3 Å². The van der Waals surface area contributed by atoms with E-state index < -0.39 is 0 Å². The second-order valence-corrected chi connectivity index (χ2v) is 8.17. The molecule has 0 saturated carbocycles. The molecular formula is C24H29N7O3. The summed E-state index contributed by atoms with van der Waals surface area (Å²) in [6.07, 6.45) is 0. The van der Waals surface area contributed by atoms with Gasteiger partial charge in [0, 0.05) is 32.7 Å². The van der Waals surface area contributed by atoms with Crippen LogP contribution in [-0.4, -0.2) is 85.6 Å². The lowest BCUT2D eigenvalue weighted by molar-refractivity contribution is 0.0317. The van der Waals surface area contributed by atoms with Crippen LogP contribution in [0, 0.1) is 0 Å². The SMILES string of the molecule is c1ccc2cc(N=NCc3nc(OCCN4CCOCC4)nc(N4CCOCC4)n3)ccc2c1. The van der Waals surface area contributed by atoms with Crippen LogP contribution >= 0.6 is 0 Å². The van der Waals surface area contributed by atoms with Crippen LogP contribution in [0.25, 0.3) is 10.8 Å². The van der Waals surface area contributed by atoms with Gasteiger partial charge < -0.3 is 19.1 Å². The Morgan fingerprint density at radius 3 is 2.44 bits per heavy atom. The fourth-order valence-corrected chi connectivity index (χ4v) is 3.94. The second kappa shape index (κ2) is 11.3. The predicted octanol–water partition coefficient (Wildman–Crippen LogP) is 2.86. The summed E-state index contributed by atoms with van der Waals surface area (Å²) in [6, 6.07) is 14.5. The van der Waals surface area contributed by atoms with Crippen molar-refractivity contribution in [1.29, 1.82) is 0 Å². The third-order valence-electron chi connectivity index (χ3n) is 5.82. The van der Waals surface area contributed by atoms with Gasteiger partial charge in [-0.3, -0.25) is 4.90 Å². The minimum atomic E-state index is 0.243. The van der Waals surface area contributed by atoms with Gasteiger partial charge in [0.2, 0.25) is 5.95 Å². The molecule has 2 aliphatic heterocycles. The van der Waals surface area contributed by atoms with Crippen molar-refractivity contribution in [3.05, 3.63) is 48.3 Å². The molecule has 0 N–H and O–H groups in total. The summed E-state index contributed by atoms with van der Waals surface area (Å²) in [5, 5.41) is 11.0. The number of nitrogens with zero attached hydrogens (tertiary/aromatic N) is 7. The summed E-state index contributed by atoms with van der Waals surface area (Å²) < 4.78 is 16.8. The van der Waals surface area contributed by atoms with Gasteiger partial charge in [-0.15, -0.1) is 0 Å². The highest BCUT2D eigenvalue weighted by atomic mass is 16.5. The van der Waals surface area contributed by atoms with Gasteiger partial charge in [-0.2, -0.15) is 25.2 Å². The Bertz CT molecular complexity index is 1110. The van der Waals surface area contributed by atoms with Crippen molar-refractivity contribution in [3.63, 3.8) is 0 Å². The third-order valence-corrected chi connectivity index (χ3v) is 5.82. The highest BCUT2D eigenvalue weighted by Gasteiger charge is 2.17. The van der Waals surface area contributed by atoms with Crippen molar-refractivity contribution in [1.82, 2.24) is 19.9 Å². The van der Waals surface area contributed by atoms with Gasteiger partial charge in [-0.05, 0) is 22.9 Å². The standard InChI is InChI=1S/C24H29N7O3/c1-2-4-20-17-21(6-5-19(20)3-1)29-25-18-22-26-23(31-10-14-33-15-11-31)28-24(27-22)34-16-9-30-7-12-32-13-8-30/h1-6,17H,7-16,18H2. The van der Waals surface area contributed by atoms with E-state index in [0.717, 1.165) is 57.0 Å². The number of aromatic nitrogens is 3. The normalized spacial score (nSPS) is 17.5. The average Bonchev–Trinajstić information content (AvgIpc) is 2.90. The summed E-state index contributed by atoms with van der Waals surface area (Å²) >= 11 is 0. The number of benzene rings is 2. The number of hydrogen-bond donors (Lipinski definition) is 0. The zero-order valence-corrected chi connectivity index (χ0v) is 19.2. The van der Waals surface area contributed by atoms with Crippen LogP contribution in [-0.2, 0) is 16.0 Å². The monoisotopic (exact) mass is 463 g/mol. The molecule has 2 saturated heterocycles. The van der Waals surface area contributed by atoms with E-state index in [9.17, 15) is 0 Å². The molecule has 10 nitrogen and oxygen atoms in total. The van der Waals surface area contributed by atoms with E-state index in [4.69, 9.17) is 14.2 Å². The molecule has 0 unspecified atom stereocenters. The van der Waals surface area contributed by atoms with E-state index >= 15 is 0 Å². The average molecular weight is 464 g/mol. The molecule has 34 heavy (non-hydrogen) atoms. The number of anilines is 1. The first-order valence-corrected chi connectivity index (χ1v) is 11.7. The Hall–Kier alpha value is -3.21. The lowest BCUT2D eigenvalue weighted by atomic mass is 10.1. The van der Waals surface area contributed by atoms with Gasteiger partial charge in [0.25, 0.3) is 0 Å². The van der Waals surface area contributed by atoms with Crippen LogP contribution < -0.4 is 9.64 Å². The lowest BCUT2D eigenvalue weighted by Gasteiger charge is -2.27. The molecule has 3 aromatic rings. The minimum absolute atomic E-state index is 0.243. The number of hydrogen-bond acceptors (Lipinski definition) is 10. The van der Waals surface area contributed by atoms with Gasteiger partial charge in [0.05, 0.1) is 32.1 Å². The van der Waals surface area contributed by atoms with Crippen LogP contribution in [0.3, 0.4) is 0 Å². The second-order valence-electron chi connectivity index (χ2n) is 8.17. The number of azo groups is 1. The molecule has 10 heteroatoms. The molecule has 0 radical (unpaired) electrons. The molecule has 2 aromatic carbocycles. The molecular weight excluding hydrogens is 434 g/mol. The molecule has 1 aromatic heterocycles. The Morgan fingerprint density at radius 2 is 1.62 bits per heavy atom. The largest absolute Gasteiger partial charge is 0.462 e. The van der Waals surface area contributed by atoms with Crippen molar-refractivity contribution in [2.24, 2.45) is 10.2 Å². The summed E-state index contributed by atoms with van der Waals surface area (Å²) in [5.74, 6) is 1.12. The van der Waals surface area contributed by atoms with Crippen LogP contribution in [0.5, 0.6) is 6.01 Å². The van der Waals surface area contributed by atoms with E-state index in [1.54, 1.807) is 0 Å². The third kappa shape index (κ3) is 6.02. The van der Waals surface area contributed by atoms with E-state index in [1.165, 1.54) is 5.39 Å². The first kappa shape index (κ1) is 22.6.